The minimum absolute atomic E-state index is 0.208. The Morgan fingerprint density at radius 3 is 2.75 bits per heavy atom. The van der Waals surface area contributed by atoms with Gasteiger partial charge in [-0.25, -0.2) is 19.6 Å². The molecule has 0 radical (unpaired) electrons. The van der Waals surface area contributed by atoms with E-state index in [0.717, 1.165) is 54.6 Å². The van der Waals surface area contributed by atoms with Gasteiger partial charge in [-0.2, -0.15) is 0 Å². The molecule has 0 bridgehead atoms. The second-order valence-corrected chi connectivity index (χ2v) is 8.37. The average Bonchev–Trinajstić information content (AvgIpc) is 3.35. The lowest BCUT2D eigenvalue weighted by Crippen LogP contribution is -2.25. The number of imidazole rings is 1. The number of aromatic nitrogens is 8. The number of tetrazole rings is 1. The Bertz CT molecular complexity index is 971. The highest BCUT2D eigenvalue weighted by Crippen LogP contribution is 2.29. The number of hydrogen-bond donors (Lipinski definition) is 1. The molecule has 1 saturated heterocycles. The van der Waals surface area contributed by atoms with Crippen LogP contribution in [-0.2, 0) is 18.5 Å². The van der Waals surface area contributed by atoms with Crippen molar-refractivity contribution in [3.05, 3.63) is 18.0 Å². The zero-order valence-corrected chi connectivity index (χ0v) is 16.9. The van der Waals surface area contributed by atoms with E-state index in [9.17, 15) is 5.11 Å². The molecule has 0 amide bonds. The van der Waals surface area contributed by atoms with Crippen LogP contribution in [0.1, 0.15) is 52.2 Å². The first-order valence-electron chi connectivity index (χ1n) is 9.78. The lowest BCUT2D eigenvalue weighted by Gasteiger charge is -2.22. The average molecular weight is 385 g/mol. The van der Waals surface area contributed by atoms with Crippen molar-refractivity contribution in [2.45, 2.75) is 65.1 Å². The van der Waals surface area contributed by atoms with Crippen LogP contribution in [-0.4, -0.2) is 64.0 Å². The molecular weight excluding hydrogens is 358 g/mol. The van der Waals surface area contributed by atoms with Gasteiger partial charge in [0.05, 0.1) is 19.0 Å². The molecular formula is C18H27N9O. The van der Waals surface area contributed by atoms with Crippen LogP contribution in [0.5, 0.6) is 0 Å². The summed E-state index contributed by atoms with van der Waals surface area (Å²) < 4.78 is 3.79. The van der Waals surface area contributed by atoms with Crippen LogP contribution in [0, 0.1) is 0 Å². The predicted molar refractivity (Wildman–Crippen MR) is 104 cm³/mol. The number of hydrogen-bond acceptors (Lipinski definition) is 8. The van der Waals surface area contributed by atoms with Crippen molar-refractivity contribution in [2.75, 3.05) is 18.0 Å². The van der Waals surface area contributed by atoms with Crippen molar-refractivity contribution in [3.63, 3.8) is 0 Å². The minimum Gasteiger partial charge on any atom is -0.391 e. The molecule has 28 heavy (non-hydrogen) atoms. The lowest BCUT2D eigenvalue weighted by molar-refractivity contribution is 0.198. The number of aliphatic hydroxyl groups is 1. The topological polar surface area (TPSA) is 111 Å². The number of aliphatic hydroxyl groups excluding tert-OH is 1. The van der Waals surface area contributed by atoms with E-state index in [1.807, 2.05) is 9.25 Å². The monoisotopic (exact) mass is 385 g/mol. The van der Waals surface area contributed by atoms with E-state index in [2.05, 4.69) is 53.1 Å². The summed E-state index contributed by atoms with van der Waals surface area (Å²) in [6, 6.07) is 0. The summed E-state index contributed by atoms with van der Waals surface area (Å²) in [5.41, 5.74) is 1.30. The molecule has 1 atom stereocenters. The van der Waals surface area contributed by atoms with Crippen molar-refractivity contribution in [2.24, 2.45) is 0 Å². The Hall–Kier alpha value is -2.62. The SMILES string of the molecule is CCCn1nnnc1Cn1cnc2c(N3CCC(O)C3)nc(C(C)(C)C)nc21. The van der Waals surface area contributed by atoms with Crippen molar-refractivity contribution >= 4 is 17.0 Å². The molecule has 0 aromatic carbocycles. The van der Waals surface area contributed by atoms with Gasteiger partial charge >= 0.3 is 0 Å². The third kappa shape index (κ3) is 3.44. The maximum absolute atomic E-state index is 9.98. The fraction of sp³-hybridized carbons (Fsp3) is 0.667. The molecule has 150 valence electrons. The molecule has 0 saturated carbocycles. The number of fused-ring (bicyclic) bond motifs is 1. The Labute approximate surface area is 163 Å². The van der Waals surface area contributed by atoms with Crippen molar-refractivity contribution in [1.29, 1.82) is 0 Å². The largest absolute Gasteiger partial charge is 0.391 e. The molecule has 4 rings (SSSR count). The number of nitrogens with zero attached hydrogens (tertiary/aromatic N) is 9. The van der Waals surface area contributed by atoms with Gasteiger partial charge in [-0.3, -0.25) is 0 Å². The molecule has 10 nitrogen and oxygen atoms in total. The summed E-state index contributed by atoms with van der Waals surface area (Å²) in [4.78, 5) is 16.4. The highest BCUT2D eigenvalue weighted by atomic mass is 16.3. The van der Waals surface area contributed by atoms with Crippen LogP contribution >= 0.6 is 0 Å². The third-order valence-corrected chi connectivity index (χ3v) is 4.93. The van der Waals surface area contributed by atoms with Crippen LogP contribution in [0.3, 0.4) is 0 Å². The van der Waals surface area contributed by atoms with Crippen LogP contribution in [0.25, 0.3) is 11.2 Å². The predicted octanol–water partition coefficient (Wildman–Crippen LogP) is 1.14. The van der Waals surface area contributed by atoms with Gasteiger partial charge in [0.25, 0.3) is 0 Å². The normalized spacial score (nSPS) is 17.8. The third-order valence-electron chi connectivity index (χ3n) is 4.93. The van der Waals surface area contributed by atoms with Gasteiger partial charge in [-0.15, -0.1) is 5.10 Å². The Morgan fingerprint density at radius 2 is 2.07 bits per heavy atom. The molecule has 3 aromatic heterocycles. The molecule has 0 aliphatic carbocycles. The first kappa shape index (κ1) is 18.7. The fourth-order valence-corrected chi connectivity index (χ4v) is 3.41. The van der Waals surface area contributed by atoms with E-state index in [4.69, 9.17) is 9.97 Å². The fourth-order valence-electron chi connectivity index (χ4n) is 3.41. The van der Waals surface area contributed by atoms with Crippen molar-refractivity contribution in [3.8, 4) is 0 Å². The standard InChI is InChI=1S/C18H27N9O/c1-5-7-27-13(22-23-24-27)10-26-11-19-14-15(25-8-6-12(28)9-25)20-17(18(2,3)4)21-16(14)26/h11-12,28H,5-10H2,1-4H3. The summed E-state index contributed by atoms with van der Waals surface area (Å²) in [7, 11) is 0. The quantitative estimate of drug-likeness (QED) is 0.696. The molecule has 4 heterocycles. The van der Waals surface area contributed by atoms with E-state index >= 15 is 0 Å². The summed E-state index contributed by atoms with van der Waals surface area (Å²) in [6.07, 6.45) is 3.14. The number of aryl methyl sites for hydroxylation is 1. The van der Waals surface area contributed by atoms with E-state index in [-0.39, 0.29) is 11.5 Å². The van der Waals surface area contributed by atoms with E-state index in [1.54, 1.807) is 6.33 Å². The van der Waals surface area contributed by atoms with Gasteiger partial charge in [0.2, 0.25) is 0 Å². The molecule has 10 heteroatoms. The van der Waals surface area contributed by atoms with Gasteiger partial charge < -0.3 is 14.6 Å². The van der Waals surface area contributed by atoms with Gasteiger partial charge in [-0.1, -0.05) is 27.7 Å². The van der Waals surface area contributed by atoms with Gasteiger partial charge in [0.1, 0.15) is 5.82 Å². The first-order chi connectivity index (χ1) is 13.4. The van der Waals surface area contributed by atoms with Crippen LogP contribution < -0.4 is 4.90 Å². The molecule has 1 aliphatic heterocycles. The molecule has 1 unspecified atom stereocenters. The van der Waals surface area contributed by atoms with Crippen molar-refractivity contribution in [1.82, 2.24) is 39.7 Å². The zero-order chi connectivity index (χ0) is 19.9. The van der Waals surface area contributed by atoms with Crippen LogP contribution in [0.4, 0.5) is 5.82 Å². The molecule has 0 spiro atoms. The Morgan fingerprint density at radius 1 is 1.25 bits per heavy atom. The first-order valence-corrected chi connectivity index (χ1v) is 9.78. The maximum Gasteiger partial charge on any atom is 0.171 e. The van der Waals surface area contributed by atoms with E-state index < -0.39 is 0 Å². The second kappa shape index (κ2) is 7.08. The maximum atomic E-state index is 9.98. The highest BCUT2D eigenvalue weighted by Gasteiger charge is 2.28. The Kier molecular flexibility index (Phi) is 4.74. The molecule has 3 aromatic rings. The number of anilines is 1. The van der Waals surface area contributed by atoms with Crippen LogP contribution in [0.15, 0.2) is 6.33 Å². The smallest absolute Gasteiger partial charge is 0.171 e. The summed E-state index contributed by atoms with van der Waals surface area (Å²) in [6.45, 7) is 11.0. The van der Waals surface area contributed by atoms with E-state index in [1.165, 1.54) is 0 Å². The molecule has 1 fully saturated rings. The summed E-state index contributed by atoms with van der Waals surface area (Å²) in [5, 5.41) is 22.0. The Balaban J connectivity index is 1.79. The molecule has 1 N–H and O–H groups in total. The van der Waals surface area contributed by atoms with E-state index in [0.29, 0.717) is 13.1 Å². The van der Waals surface area contributed by atoms with Gasteiger partial charge in [-0.05, 0) is 23.3 Å². The van der Waals surface area contributed by atoms with Crippen LogP contribution in [0.2, 0.25) is 0 Å². The van der Waals surface area contributed by atoms with Gasteiger partial charge in [0, 0.05) is 25.0 Å². The summed E-state index contributed by atoms with van der Waals surface area (Å²) in [5.74, 6) is 2.32. The zero-order valence-electron chi connectivity index (χ0n) is 16.9. The summed E-state index contributed by atoms with van der Waals surface area (Å²) >= 11 is 0. The highest BCUT2D eigenvalue weighted by molar-refractivity contribution is 5.84. The van der Waals surface area contributed by atoms with Gasteiger partial charge in [0.15, 0.2) is 22.8 Å². The molecule has 1 aliphatic rings. The lowest BCUT2D eigenvalue weighted by atomic mass is 9.96. The number of rotatable bonds is 5. The second-order valence-electron chi connectivity index (χ2n) is 8.37. The van der Waals surface area contributed by atoms with Crippen molar-refractivity contribution < 1.29 is 5.11 Å². The number of β-amino-alcohol motifs (C(OH)–C–C–N with tert-alkyl or cyclic N) is 1. The minimum atomic E-state index is -0.330.